The standard InChI is InChI=1S/C16H23N3O5S/c20-13-7-10-17(12-13)15-6-5-14(11-16(15)19(21)22)25(23,24)18-8-3-1-2-4-9-18/h5-6,11,13,20H,1-4,7-10,12H2/t13-/m0/s1. The SMILES string of the molecule is O=[N+]([O-])c1cc(S(=O)(=O)N2CCCCCC2)ccc1N1CC[C@H](O)C1. The normalized spacial score (nSPS) is 22.8. The average Bonchev–Trinajstić information content (AvgIpc) is 2.84. The van der Waals surface area contributed by atoms with Gasteiger partial charge in [-0.25, -0.2) is 8.42 Å². The van der Waals surface area contributed by atoms with Crippen LogP contribution in [0.15, 0.2) is 23.1 Å². The highest BCUT2D eigenvalue weighted by atomic mass is 32.2. The third-order valence-corrected chi connectivity index (χ3v) is 6.75. The Labute approximate surface area is 147 Å². The molecule has 0 bridgehead atoms. The van der Waals surface area contributed by atoms with Crippen molar-refractivity contribution < 1.29 is 18.4 Å². The lowest BCUT2D eigenvalue weighted by Crippen LogP contribution is -2.32. The van der Waals surface area contributed by atoms with E-state index in [2.05, 4.69) is 0 Å². The van der Waals surface area contributed by atoms with Crippen molar-refractivity contribution in [3.8, 4) is 0 Å². The summed E-state index contributed by atoms with van der Waals surface area (Å²) in [5.41, 5.74) is 0.126. The van der Waals surface area contributed by atoms with Gasteiger partial charge in [-0.2, -0.15) is 4.31 Å². The van der Waals surface area contributed by atoms with Crippen LogP contribution in [0.3, 0.4) is 0 Å². The van der Waals surface area contributed by atoms with Gasteiger partial charge < -0.3 is 10.0 Å². The Balaban J connectivity index is 1.94. The van der Waals surface area contributed by atoms with Gasteiger partial charge in [0.1, 0.15) is 5.69 Å². The molecule has 3 rings (SSSR count). The van der Waals surface area contributed by atoms with E-state index >= 15 is 0 Å². The number of rotatable bonds is 4. The van der Waals surface area contributed by atoms with Gasteiger partial charge in [0, 0.05) is 32.2 Å². The second kappa shape index (κ2) is 7.27. The Morgan fingerprint density at radius 2 is 1.80 bits per heavy atom. The topological polar surface area (TPSA) is 104 Å². The van der Waals surface area contributed by atoms with E-state index in [0.29, 0.717) is 38.3 Å². The Kier molecular flexibility index (Phi) is 5.26. The Morgan fingerprint density at radius 3 is 2.36 bits per heavy atom. The summed E-state index contributed by atoms with van der Waals surface area (Å²) in [5, 5.41) is 21.1. The van der Waals surface area contributed by atoms with E-state index in [1.165, 1.54) is 16.4 Å². The minimum Gasteiger partial charge on any atom is -0.391 e. The predicted molar refractivity (Wildman–Crippen MR) is 93.2 cm³/mol. The van der Waals surface area contributed by atoms with Gasteiger partial charge in [-0.1, -0.05) is 12.8 Å². The van der Waals surface area contributed by atoms with Crippen molar-refractivity contribution >= 4 is 21.4 Å². The molecule has 8 nitrogen and oxygen atoms in total. The number of aliphatic hydroxyl groups excluding tert-OH is 1. The number of nitrogens with zero attached hydrogens (tertiary/aromatic N) is 3. The Morgan fingerprint density at radius 1 is 1.12 bits per heavy atom. The van der Waals surface area contributed by atoms with E-state index in [9.17, 15) is 23.6 Å². The Bertz CT molecular complexity index is 744. The summed E-state index contributed by atoms with van der Waals surface area (Å²) >= 11 is 0. The summed E-state index contributed by atoms with van der Waals surface area (Å²) in [6, 6.07) is 4.08. The summed E-state index contributed by atoms with van der Waals surface area (Å²) in [7, 11) is -3.73. The van der Waals surface area contributed by atoms with Crippen molar-refractivity contribution in [3.05, 3.63) is 28.3 Å². The van der Waals surface area contributed by atoms with Gasteiger partial charge in [0.25, 0.3) is 5.69 Å². The number of anilines is 1. The molecule has 25 heavy (non-hydrogen) atoms. The van der Waals surface area contributed by atoms with Crippen LogP contribution in [0.2, 0.25) is 0 Å². The molecule has 0 saturated carbocycles. The van der Waals surface area contributed by atoms with E-state index in [4.69, 9.17) is 0 Å². The smallest absolute Gasteiger partial charge is 0.293 e. The molecule has 1 atom stereocenters. The van der Waals surface area contributed by atoms with Gasteiger partial charge in [-0.3, -0.25) is 10.1 Å². The molecule has 2 fully saturated rings. The fraction of sp³-hybridized carbons (Fsp3) is 0.625. The maximum Gasteiger partial charge on any atom is 0.293 e. The zero-order chi connectivity index (χ0) is 18.0. The van der Waals surface area contributed by atoms with Crippen LogP contribution in [0, 0.1) is 10.1 Å². The van der Waals surface area contributed by atoms with Crippen LogP contribution in [0.25, 0.3) is 0 Å². The van der Waals surface area contributed by atoms with E-state index in [1.54, 1.807) is 4.90 Å². The third-order valence-electron chi connectivity index (χ3n) is 4.85. The van der Waals surface area contributed by atoms with Crippen LogP contribution in [-0.4, -0.2) is 55.0 Å². The van der Waals surface area contributed by atoms with Crippen molar-refractivity contribution in [2.75, 3.05) is 31.1 Å². The molecular weight excluding hydrogens is 346 g/mol. The van der Waals surface area contributed by atoms with Crippen LogP contribution in [-0.2, 0) is 10.0 Å². The summed E-state index contributed by atoms with van der Waals surface area (Å²) < 4.78 is 27.1. The summed E-state index contributed by atoms with van der Waals surface area (Å²) in [6.45, 7) is 1.74. The fourth-order valence-corrected chi connectivity index (χ4v) is 5.01. The molecule has 1 aromatic carbocycles. The molecule has 0 unspecified atom stereocenters. The molecule has 0 spiro atoms. The van der Waals surface area contributed by atoms with Gasteiger partial charge in [-0.05, 0) is 31.4 Å². The van der Waals surface area contributed by atoms with E-state index in [1.807, 2.05) is 0 Å². The first kappa shape index (κ1) is 18.1. The van der Waals surface area contributed by atoms with Gasteiger partial charge >= 0.3 is 0 Å². The molecule has 9 heteroatoms. The van der Waals surface area contributed by atoms with Gasteiger partial charge in [0.2, 0.25) is 10.0 Å². The quantitative estimate of drug-likeness (QED) is 0.640. The van der Waals surface area contributed by atoms with E-state index in [-0.39, 0.29) is 10.6 Å². The molecule has 0 aromatic heterocycles. The first-order chi connectivity index (χ1) is 11.9. The molecule has 138 valence electrons. The summed E-state index contributed by atoms with van der Waals surface area (Å²) in [4.78, 5) is 12.6. The first-order valence-electron chi connectivity index (χ1n) is 8.61. The number of nitro groups is 1. The molecule has 2 aliphatic rings. The molecule has 2 aliphatic heterocycles. The number of β-amino-alcohol motifs (C(OH)–C–C–N with tert-alkyl or cyclic N) is 1. The predicted octanol–water partition coefficient (Wildman–Crippen LogP) is 1.73. The van der Waals surface area contributed by atoms with Crippen LogP contribution in [0.5, 0.6) is 0 Å². The number of sulfonamides is 1. The van der Waals surface area contributed by atoms with Gasteiger partial charge in [0.05, 0.1) is 15.9 Å². The molecular formula is C16H23N3O5S. The highest BCUT2D eigenvalue weighted by Gasteiger charge is 2.31. The van der Waals surface area contributed by atoms with Crippen molar-refractivity contribution in [2.24, 2.45) is 0 Å². The fourth-order valence-electron chi connectivity index (χ4n) is 3.47. The monoisotopic (exact) mass is 369 g/mol. The lowest BCUT2D eigenvalue weighted by molar-refractivity contribution is -0.384. The molecule has 0 aliphatic carbocycles. The van der Waals surface area contributed by atoms with Crippen molar-refractivity contribution in [1.29, 1.82) is 0 Å². The lowest BCUT2D eigenvalue weighted by atomic mass is 10.2. The summed E-state index contributed by atoms with van der Waals surface area (Å²) in [6.07, 6.45) is 3.66. The second-order valence-corrected chi connectivity index (χ2v) is 8.55. The Hall–Kier alpha value is -1.71. The highest BCUT2D eigenvalue weighted by Crippen LogP contribution is 2.34. The number of hydrogen-bond acceptors (Lipinski definition) is 6. The maximum atomic E-state index is 12.8. The van der Waals surface area contributed by atoms with Crippen LogP contribution < -0.4 is 4.90 Å². The molecule has 0 radical (unpaired) electrons. The number of aliphatic hydroxyl groups is 1. The minimum atomic E-state index is -3.73. The first-order valence-corrected chi connectivity index (χ1v) is 10.1. The van der Waals surface area contributed by atoms with Crippen LogP contribution >= 0.6 is 0 Å². The van der Waals surface area contributed by atoms with Gasteiger partial charge in [0.15, 0.2) is 0 Å². The van der Waals surface area contributed by atoms with E-state index in [0.717, 1.165) is 31.7 Å². The average molecular weight is 369 g/mol. The zero-order valence-electron chi connectivity index (χ0n) is 14.0. The summed E-state index contributed by atoms with van der Waals surface area (Å²) in [5.74, 6) is 0. The molecule has 0 amide bonds. The molecule has 1 N–H and O–H groups in total. The highest BCUT2D eigenvalue weighted by molar-refractivity contribution is 7.89. The number of benzene rings is 1. The van der Waals surface area contributed by atoms with Crippen LogP contribution in [0.1, 0.15) is 32.1 Å². The van der Waals surface area contributed by atoms with E-state index < -0.39 is 21.1 Å². The zero-order valence-corrected chi connectivity index (χ0v) is 14.8. The van der Waals surface area contributed by atoms with Crippen molar-refractivity contribution in [1.82, 2.24) is 4.31 Å². The molecule has 2 heterocycles. The second-order valence-electron chi connectivity index (χ2n) is 6.61. The van der Waals surface area contributed by atoms with Crippen molar-refractivity contribution in [2.45, 2.75) is 43.1 Å². The molecule has 1 aromatic rings. The number of hydrogen-bond donors (Lipinski definition) is 1. The molecule has 2 saturated heterocycles. The minimum absolute atomic E-state index is 0.0374. The number of nitro benzene ring substituents is 1. The van der Waals surface area contributed by atoms with Crippen LogP contribution in [0.4, 0.5) is 11.4 Å². The van der Waals surface area contributed by atoms with Crippen molar-refractivity contribution in [3.63, 3.8) is 0 Å². The maximum absolute atomic E-state index is 12.8. The van der Waals surface area contributed by atoms with Gasteiger partial charge in [-0.15, -0.1) is 0 Å². The third kappa shape index (κ3) is 3.78. The lowest BCUT2D eigenvalue weighted by Gasteiger charge is -2.21. The largest absolute Gasteiger partial charge is 0.391 e.